The van der Waals surface area contributed by atoms with Crippen LogP contribution in [0.3, 0.4) is 0 Å². The van der Waals surface area contributed by atoms with Crippen molar-refractivity contribution in [2.24, 2.45) is 7.05 Å². The second kappa shape index (κ2) is 13.0. The average molecular weight is 566 g/mol. The number of aromatic nitrogens is 4. The maximum absolute atomic E-state index is 12.5. The molecule has 2 amide bonds. The fraction of sp³-hybridized carbons (Fsp3) is 0.303. The van der Waals surface area contributed by atoms with Crippen molar-refractivity contribution < 1.29 is 9.90 Å². The molecule has 0 atom stereocenters. The number of urea groups is 1. The van der Waals surface area contributed by atoms with E-state index in [1.807, 2.05) is 68.3 Å². The van der Waals surface area contributed by atoms with Gasteiger partial charge in [-0.3, -0.25) is 9.58 Å². The Morgan fingerprint density at radius 3 is 2.33 bits per heavy atom. The SMILES string of the molecule is CCN(CCO)Cc1ccc(-c2cc3c(-c4cn(C)nc4-c4ccc(NC(=O)N(CC)CC)cc4)ccnc3[nH]2)cc1. The van der Waals surface area contributed by atoms with E-state index in [1.54, 1.807) is 4.90 Å². The summed E-state index contributed by atoms with van der Waals surface area (Å²) < 4.78 is 1.83. The molecule has 2 aromatic carbocycles. The molecular formula is C33H39N7O2. The quantitative estimate of drug-likeness (QED) is 0.183. The molecule has 0 saturated carbocycles. The number of likely N-dealkylation sites (N-methyl/N-ethyl adjacent to an activating group) is 1. The number of fused-ring (bicyclic) bond motifs is 1. The van der Waals surface area contributed by atoms with Crippen LogP contribution in [0.25, 0.3) is 44.7 Å². The highest BCUT2D eigenvalue weighted by Crippen LogP contribution is 2.37. The standard InChI is InChI=1S/C33H39N7O2/c1-5-39(18-19-41)21-23-8-10-24(11-9-23)30-20-28-27(16-17-34-32(28)36-30)29-22-38(4)37-31(29)25-12-14-26(15-13-25)35-33(42)40(6-2)7-3/h8-17,20,22,41H,5-7,18-19,21H2,1-4H3,(H,34,36)(H,35,42). The van der Waals surface area contributed by atoms with E-state index >= 15 is 0 Å². The van der Waals surface area contributed by atoms with Crippen molar-refractivity contribution in [3.05, 3.63) is 78.6 Å². The molecule has 42 heavy (non-hydrogen) atoms. The molecule has 3 heterocycles. The van der Waals surface area contributed by atoms with Gasteiger partial charge in [0.15, 0.2) is 0 Å². The number of rotatable bonds is 11. The van der Waals surface area contributed by atoms with Crippen LogP contribution in [0.2, 0.25) is 0 Å². The topological polar surface area (TPSA) is 102 Å². The molecule has 218 valence electrons. The molecule has 0 spiro atoms. The first kappa shape index (κ1) is 29.0. The van der Waals surface area contributed by atoms with Gasteiger partial charge in [0, 0.05) is 73.5 Å². The van der Waals surface area contributed by atoms with Crippen molar-refractivity contribution in [2.45, 2.75) is 27.3 Å². The number of nitrogens with one attached hydrogen (secondary N) is 2. The van der Waals surface area contributed by atoms with Crippen LogP contribution in [-0.2, 0) is 13.6 Å². The normalized spacial score (nSPS) is 11.4. The monoisotopic (exact) mass is 565 g/mol. The van der Waals surface area contributed by atoms with E-state index in [0.717, 1.165) is 63.5 Å². The minimum Gasteiger partial charge on any atom is -0.395 e. The van der Waals surface area contributed by atoms with Gasteiger partial charge in [-0.1, -0.05) is 43.3 Å². The summed E-state index contributed by atoms with van der Waals surface area (Å²) in [4.78, 5) is 24.6. The third-order valence-corrected chi connectivity index (χ3v) is 7.65. The summed E-state index contributed by atoms with van der Waals surface area (Å²) in [5, 5.41) is 18.1. The van der Waals surface area contributed by atoms with Crippen molar-refractivity contribution >= 4 is 22.8 Å². The molecule has 9 nitrogen and oxygen atoms in total. The van der Waals surface area contributed by atoms with E-state index in [9.17, 15) is 9.90 Å². The van der Waals surface area contributed by atoms with Crippen molar-refractivity contribution in [3.63, 3.8) is 0 Å². The summed E-state index contributed by atoms with van der Waals surface area (Å²) in [6.07, 6.45) is 3.86. The zero-order valence-corrected chi connectivity index (χ0v) is 24.8. The third-order valence-electron chi connectivity index (χ3n) is 7.65. The molecule has 0 bridgehead atoms. The molecular weight excluding hydrogens is 526 g/mol. The number of hydrogen-bond donors (Lipinski definition) is 3. The van der Waals surface area contributed by atoms with Crippen LogP contribution in [-0.4, -0.2) is 73.5 Å². The van der Waals surface area contributed by atoms with Crippen molar-refractivity contribution in [1.29, 1.82) is 0 Å². The van der Waals surface area contributed by atoms with Crippen LogP contribution in [0.5, 0.6) is 0 Å². The Morgan fingerprint density at radius 1 is 0.952 bits per heavy atom. The number of carbonyl (C=O) groups excluding carboxylic acids is 1. The van der Waals surface area contributed by atoms with Gasteiger partial charge in [0.05, 0.1) is 6.61 Å². The number of pyridine rings is 1. The van der Waals surface area contributed by atoms with Crippen LogP contribution < -0.4 is 5.32 Å². The number of aliphatic hydroxyl groups is 1. The van der Waals surface area contributed by atoms with E-state index in [2.05, 4.69) is 57.4 Å². The van der Waals surface area contributed by atoms with Crippen molar-refractivity contribution in [1.82, 2.24) is 29.5 Å². The summed E-state index contributed by atoms with van der Waals surface area (Å²) in [6.45, 7) is 9.90. The lowest BCUT2D eigenvalue weighted by molar-refractivity contribution is 0.197. The van der Waals surface area contributed by atoms with Gasteiger partial charge in [-0.25, -0.2) is 9.78 Å². The minimum atomic E-state index is -0.104. The lowest BCUT2D eigenvalue weighted by atomic mass is 10.00. The molecule has 3 aromatic heterocycles. The Kier molecular flexibility index (Phi) is 9.00. The number of aliphatic hydroxyl groups excluding tert-OH is 1. The highest BCUT2D eigenvalue weighted by Gasteiger charge is 2.17. The van der Waals surface area contributed by atoms with Gasteiger partial charge < -0.3 is 20.3 Å². The molecule has 0 unspecified atom stereocenters. The van der Waals surface area contributed by atoms with Crippen molar-refractivity contribution in [3.8, 4) is 33.6 Å². The smallest absolute Gasteiger partial charge is 0.321 e. The number of carbonyl (C=O) groups is 1. The number of aryl methyl sites for hydroxylation is 1. The molecule has 0 fully saturated rings. The van der Waals surface area contributed by atoms with E-state index in [1.165, 1.54) is 5.56 Å². The van der Waals surface area contributed by atoms with Gasteiger partial charge in [-0.15, -0.1) is 0 Å². The molecule has 5 rings (SSSR count). The Bertz CT molecular complexity index is 1630. The lowest BCUT2D eigenvalue weighted by Gasteiger charge is -2.19. The molecule has 0 aliphatic rings. The van der Waals surface area contributed by atoms with Crippen LogP contribution in [0.4, 0.5) is 10.5 Å². The zero-order chi connectivity index (χ0) is 29.6. The Labute approximate surface area is 246 Å². The van der Waals surface area contributed by atoms with Crippen LogP contribution in [0, 0.1) is 0 Å². The molecule has 9 heteroatoms. The summed E-state index contributed by atoms with van der Waals surface area (Å²) in [7, 11) is 1.92. The molecule has 0 saturated heterocycles. The first-order chi connectivity index (χ1) is 20.4. The number of H-pyrrole nitrogens is 1. The predicted octanol–water partition coefficient (Wildman–Crippen LogP) is 5.99. The molecule has 3 N–H and O–H groups in total. The van der Waals surface area contributed by atoms with Crippen LogP contribution in [0.1, 0.15) is 26.3 Å². The maximum atomic E-state index is 12.5. The number of benzene rings is 2. The van der Waals surface area contributed by atoms with Gasteiger partial charge in [0.1, 0.15) is 11.3 Å². The molecule has 5 aromatic rings. The highest BCUT2D eigenvalue weighted by molar-refractivity contribution is 5.99. The molecule has 0 aliphatic heterocycles. The fourth-order valence-corrected chi connectivity index (χ4v) is 5.28. The Hall–Kier alpha value is -4.47. The van der Waals surface area contributed by atoms with E-state index < -0.39 is 0 Å². The Balaban J connectivity index is 1.42. The third kappa shape index (κ3) is 6.22. The predicted molar refractivity (Wildman–Crippen MR) is 169 cm³/mol. The zero-order valence-electron chi connectivity index (χ0n) is 24.8. The van der Waals surface area contributed by atoms with E-state index in [-0.39, 0.29) is 12.6 Å². The van der Waals surface area contributed by atoms with Crippen LogP contribution >= 0.6 is 0 Å². The van der Waals surface area contributed by atoms with Crippen LogP contribution in [0.15, 0.2) is 73.1 Å². The summed E-state index contributed by atoms with van der Waals surface area (Å²) in [5.74, 6) is 0. The number of anilines is 1. The lowest BCUT2D eigenvalue weighted by Crippen LogP contribution is -2.34. The summed E-state index contributed by atoms with van der Waals surface area (Å²) in [5.41, 5.74) is 8.74. The van der Waals surface area contributed by atoms with E-state index in [4.69, 9.17) is 5.10 Å². The Morgan fingerprint density at radius 2 is 1.67 bits per heavy atom. The minimum absolute atomic E-state index is 0.104. The second-order valence-electron chi connectivity index (χ2n) is 10.3. The fourth-order valence-electron chi connectivity index (χ4n) is 5.28. The van der Waals surface area contributed by atoms with Gasteiger partial charge in [-0.05, 0) is 61.3 Å². The number of aromatic amines is 1. The number of nitrogens with zero attached hydrogens (tertiary/aromatic N) is 5. The van der Waals surface area contributed by atoms with Gasteiger partial charge in [0.2, 0.25) is 0 Å². The average Bonchev–Trinajstić information content (AvgIpc) is 3.62. The summed E-state index contributed by atoms with van der Waals surface area (Å²) >= 11 is 0. The van der Waals surface area contributed by atoms with Gasteiger partial charge in [0.25, 0.3) is 0 Å². The largest absolute Gasteiger partial charge is 0.395 e. The van der Waals surface area contributed by atoms with Gasteiger partial charge >= 0.3 is 6.03 Å². The highest BCUT2D eigenvalue weighted by atomic mass is 16.3. The molecule has 0 radical (unpaired) electrons. The van der Waals surface area contributed by atoms with Gasteiger partial charge in [-0.2, -0.15) is 5.10 Å². The summed E-state index contributed by atoms with van der Waals surface area (Å²) in [6, 6.07) is 20.4. The number of amides is 2. The van der Waals surface area contributed by atoms with E-state index in [0.29, 0.717) is 19.6 Å². The maximum Gasteiger partial charge on any atom is 0.321 e. The number of hydrogen-bond acceptors (Lipinski definition) is 5. The first-order valence-electron chi connectivity index (χ1n) is 14.5. The van der Waals surface area contributed by atoms with Crippen molar-refractivity contribution in [2.75, 3.05) is 38.1 Å². The second-order valence-corrected chi connectivity index (χ2v) is 10.3. The first-order valence-corrected chi connectivity index (χ1v) is 14.5. The molecule has 0 aliphatic carbocycles.